The predicted molar refractivity (Wildman–Crippen MR) is 58.7 cm³/mol. The Morgan fingerprint density at radius 2 is 2.19 bits per heavy atom. The van der Waals surface area contributed by atoms with E-state index in [-0.39, 0.29) is 6.04 Å². The van der Waals surface area contributed by atoms with E-state index in [2.05, 4.69) is 16.0 Å². The molecule has 1 unspecified atom stereocenters. The lowest BCUT2D eigenvalue weighted by Gasteiger charge is -2.29. The van der Waals surface area contributed by atoms with Crippen molar-refractivity contribution >= 4 is 0 Å². The van der Waals surface area contributed by atoms with Gasteiger partial charge in [-0.1, -0.05) is 0 Å². The molecule has 0 aromatic carbocycles. The lowest BCUT2D eigenvalue weighted by molar-refractivity contribution is 0.0259. The SMILES string of the molecule is Cc1c(C(C#N)N2CCOCC2)ncn1C. The Bertz CT molecular complexity index is 401. The molecule has 1 aromatic heterocycles. The first-order valence-corrected chi connectivity index (χ1v) is 5.43. The van der Waals surface area contributed by atoms with Gasteiger partial charge in [0, 0.05) is 25.8 Å². The van der Waals surface area contributed by atoms with Crippen LogP contribution >= 0.6 is 0 Å². The molecule has 16 heavy (non-hydrogen) atoms. The van der Waals surface area contributed by atoms with E-state index in [4.69, 9.17) is 4.74 Å². The van der Waals surface area contributed by atoms with Crippen LogP contribution < -0.4 is 0 Å². The van der Waals surface area contributed by atoms with Crippen LogP contribution in [0.4, 0.5) is 0 Å². The van der Waals surface area contributed by atoms with E-state index >= 15 is 0 Å². The highest BCUT2D eigenvalue weighted by atomic mass is 16.5. The zero-order chi connectivity index (χ0) is 11.5. The zero-order valence-electron chi connectivity index (χ0n) is 9.68. The summed E-state index contributed by atoms with van der Waals surface area (Å²) in [5.74, 6) is 0. The van der Waals surface area contributed by atoms with Crippen molar-refractivity contribution < 1.29 is 4.74 Å². The molecule has 2 heterocycles. The van der Waals surface area contributed by atoms with Crippen LogP contribution in [-0.4, -0.2) is 40.8 Å². The molecule has 1 atom stereocenters. The lowest BCUT2D eigenvalue weighted by Crippen LogP contribution is -2.39. The third kappa shape index (κ3) is 1.94. The highest BCUT2D eigenvalue weighted by Gasteiger charge is 2.25. The van der Waals surface area contributed by atoms with Crippen LogP contribution in [0.5, 0.6) is 0 Å². The van der Waals surface area contributed by atoms with Gasteiger partial charge in [-0.3, -0.25) is 4.90 Å². The van der Waals surface area contributed by atoms with E-state index in [0.717, 1.165) is 24.5 Å². The maximum Gasteiger partial charge on any atom is 0.142 e. The Kier molecular flexibility index (Phi) is 3.22. The Balaban J connectivity index is 2.22. The summed E-state index contributed by atoms with van der Waals surface area (Å²) in [5, 5.41) is 9.28. The highest BCUT2D eigenvalue weighted by Crippen LogP contribution is 2.22. The minimum absolute atomic E-state index is 0.245. The summed E-state index contributed by atoms with van der Waals surface area (Å²) in [5.41, 5.74) is 1.92. The largest absolute Gasteiger partial charge is 0.379 e. The molecule has 0 saturated carbocycles. The van der Waals surface area contributed by atoms with Crippen molar-refractivity contribution in [2.45, 2.75) is 13.0 Å². The van der Waals surface area contributed by atoms with Crippen LogP contribution in [0.3, 0.4) is 0 Å². The maximum absolute atomic E-state index is 9.28. The van der Waals surface area contributed by atoms with Crippen LogP contribution in [0.25, 0.3) is 0 Å². The Morgan fingerprint density at radius 3 is 2.69 bits per heavy atom. The summed E-state index contributed by atoms with van der Waals surface area (Å²) < 4.78 is 7.23. The van der Waals surface area contributed by atoms with Gasteiger partial charge in [-0.25, -0.2) is 4.98 Å². The Hall–Kier alpha value is -1.38. The second kappa shape index (κ2) is 4.64. The Labute approximate surface area is 95.2 Å². The summed E-state index contributed by atoms with van der Waals surface area (Å²) >= 11 is 0. The van der Waals surface area contributed by atoms with Crippen molar-refractivity contribution in [1.29, 1.82) is 5.26 Å². The second-order valence-electron chi connectivity index (χ2n) is 4.01. The van der Waals surface area contributed by atoms with Crippen molar-refractivity contribution in [2.24, 2.45) is 7.05 Å². The van der Waals surface area contributed by atoms with Gasteiger partial charge in [-0.15, -0.1) is 0 Å². The fourth-order valence-electron chi connectivity index (χ4n) is 1.93. The number of aromatic nitrogens is 2. The van der Waals surface area contributed by atoms with Crippen LogP contribution in [0, 0.1) is 18.3 Å². The molecule has 1 fully saturated rings. The van der Waals surface area contributed by atoms with Crippen molar-refractivity contribution in [2.75, 3.05) is 26.3 Å². The van der Waals surface area contributed by atoms with Gasteiger partial charge in [0.15, 0.2) is 0 Å². The van der Waals surface area contributed by atoms with Gasteiger partial charge >= 0.3 is 0 Å². The third-order valence-electron chi connectivity index (χ3n) is 3.06. The molecule has 0 aliphatic carbocycles. The van der Waals surface area contributed by atoms with E-state index in [1.807, 2.05) is 18.5 Å². The summed E-state index contributed by atoms with van der Waals surface area (Å²) in [7, 11) is 1.94. The number of nitriles is 1. The van der Waals surface area contributed by atoms with Crippen molar-refractivity contribution in [3.05, 3.63) is 17.7 Å². The predicted octanol–water partition coefficient (Wildman–Crippen LogP) is 0.625. The average Bonchev–Trinajstić information content (AvgIpc) is 2.64. The van der Waals surface area contributed by atoms with Gasteiger partial charge in [0.2, 0.25) is 0 Å². The van der Waals surface area contributed by atoms with Gasteiger partial charge in [0.1, 0.15) is 6.04 Å². The second-order valence-corrected chi connectivity index (χ2v) is 4.01. The molecule has 0 amide bonds. The average molecular weight is 220 g/mol. The lowest BCUT2D eigenvalue weighted by atomic mass is 10.1. The smallest absolute Gasteiger partial charge is 0.142 e. The van der Waals surface area contributed by atoms with E-state index in [1.54, 1.807) is 6.33 Å². The molecule has 5 nitrogen and oxygen atoms in total. The summed E-state index contributed by atoms with van der Waals surface area (Å²) in [6.45, 7) is 4.99. The highest BCUT2D eigenvalue weighted by molar-refractivity contribution is 5.21. The minimum Gasteiger partial charge on any atom is -0.379 e. The van der Waals surface area contributed by atoms with Crippen LogP contribution in [0.15, 0.2) is 6.33 Å². The maximum atomic E-state index is 9.28. The van der Waals surface area contributed by atoms with Crippen molar-refractivity contribution in [3.8, 4) is 6.07 Å². The summed E-state index contributed by atoms with van der Waals surface area (Å²) in [6, 6.07) is 2.09. The zero-order valence-corrected chi connectivity index (χ0v) is 9.68. The van der Waals surface area contributed by atoms with Crippen molar-refractivity contribution in [1.82, 2.24) is 14.5 Å². The number of ether oxygens (including phenoxy) is 1. The van der Waals surface area contributed by atoms with E-state index in [1.165, 1.54) is 0 Å². The minimum atomic E-state index is -0.245. The first-order chi connectivity index (χ1) is 7.74. The number of hydrogen-bond donors (Lipinski definition) is 0. The first kappa shape index (κ1) is 11.1. The van der Waals surface area contributed by atoms with E-state index in [9.17, 15) is 5.26 Å². The number of rotatable bonds is 2. The van der Waals surface area contributed by atoms with Gasteiger partial charge in [-0.05, 0) is 6.92 Å². The van der Waals surface area contributed by atoms with E-state index < -0.39 is 0 Å². The van der Waals surface area contributed by atoms with Crippen LogP contribution in [-0.2, 0) is 11.8 Å². The molecule has 0 radical (unpaired) electrons. The first-order valence-electron chi connectivity index (χ1n) is 5.43. The molecule has 1 aliphatic heterocycles. The molecule has 1 saturated heterocycles. The van der Waals surface area contributed by atoms with Gasteiger partial charge in [0.05, 0.1) is 31.3 Å². The fourth-order valence-corrected chi connectivity index (χ4v) is 1.93. The molecule has 1 aliphatic rings. The number of morpholine rings is 1. The fraction of sp³-hybridized carbons (Fsp3) is 0.636. The van der Waals surface area contributed by atoms with Crippen LogP contribution in [0.1, 0.15) is 17.4 Å². The molecular weight excluding hydrogens is 204 g/mol. The van der Waals surface area contributed by atoms with Gasteiger partial charge in [0.25, 0.3) is 0 Å². The summed E-state index contributed by atoms with van der Waals surface area (Å²) in [6.07, 6.45) is 1.76. The summed E-state index contributed by atoms with van der Waals surface area (Å²) in [4.78, 5) is 6.44. The number of nitrogens with zero attached hydrogens (tertiary/aromatic N) is 4. The van der Waals surface area contributed by atoms with Gasteiger partial charge < -0.3 is 9.30 Å². The number of hydrogen-bond acceptors (Lipinski definition) is 4. The van der Waals surface area contributed by atoms with Crippen molar-refractivity contribution in [3.63, 3.8) is 0 Å². The Morgan fingerprint density at radius 1 is 1.50 bits per heavy atom. The molecule has 1 aromatic rings. The molecule has 0 N–H and O–H groups in total. The molecule has 2 rings (SSSR count). The monoisotopic (exact) mass is 220 g/mol. The molecular formula is C11H16N4O. The molecule has 0 bridgehead atoms. The number of imidazole rings is 1. The third-order valence-corrected chi connectivity index (χ3v) is 3.06. The molecule has 86 valence electrons. The van der Waals surface area contributed by atoms with Crippen LogP contribution in [0.2, 0.25) is 0 Å². The molecule has 0 spiro atoms. The normalized spacial score (nSPS) is 19.3. The molecule has 5 heteroatoms. The quantitative estimate of drug-likeness (QED) is 0.733. The van der Waals surface area contributed by atoms with E-state index in [0.29, 0.717) is 13.2 Å². The van der Waals surface area contributed by atoms with Gasteiger partial charge in [-0.2, -0.15) is 5.26 Å². The standard InChI is InChI=1S/C11H16N4O/c1-9-11(13-8-14(9)2)10(7-12)15-3-5-16-6-4-15/h8,10H,3-6H2,1-2H3. The number of aryl methyl sites for hydroxylation is 1. The topological polar surface area (TPSA) is 54.1 Å².